The summed E-state index contributed by atoms with van der Waals surface area (Å²) in [5.74, 6) is -1.08. The largest absolute Gasteiger partial charge is 0.469 e. The average molecular weight is 252 g/mol. The maximum atomic E-state index is 11.5. The van der Waals surface area contributed by atoms with Crippen LogP contribution in [-0.2, 0) is 19.1 Å². The van der Waals surface area contributed by atoms with E-state index in [0.717, 1.165) is 31.3 Å². The minimum absolute atomic E-state index is 0.177. The topological polar surface area (TPSA) is 52.6 Å². The molecule has 0 aliphatic heterocycles. The number of methoxy groups -OCH3 is 1. The number of carbonyl (C=O) groups excluding carboxylic acids is 2. The zero-order valence-corrected chi connectivity index (χ0v) is 11.0. The van der Waals surface area contributed by atoms with Gasteiger partial charge in [0.2, 0.25) is 0 Å². The quantitative estimate of drug-likeness (QED) is 0.414. The highest BCUT2D eigenvalue weighted by atomic mass is 16.6. The van der Waals surface area contributed by atoms with Gasteiger partial charge in [-0.25, -0.2) is 0 Å². The van der Waals surface area contributed by atoms with Gasteiger partial charge < -0.3 is 9.47 Å². The number of hydrogen-bond donors (Lipinski definition) is 0. The van der Waals surface area contributed by atoms with Crippen LogP contribution < -0.4 is 0 Å². The summed E-state index contributed by atoms with van der Waals surface area (Å²) in [5.41, 5.74) is 1.12. The van der Waals surface area contributed by atoms with Crippen LogP contribution in [0, 0.1) is 0 Å². The van der Waals surface area contributed by atoms with Gasteiger partial charge in [0.15, 0.2) is 0 Å². The van der Waals surface area contributed by atoms with Crippen molar-refractivity contribution in [1.82, 2.24) is 0 Å². The van der Waals surface area contributed by atoms with E-state index >= 15 is 0 Å². The smallest absolute Gasteiger partial charge is 0.317 e. The normalized spacial score (nSPS) is 18.8. The Morgan fingerprint density at radius 3 is 2.83 bits per heavy atom. The fourth-order valence-electron chi connectivity index (χ4n) is 1.86. The van der Waals surface area contributed by atoms with Gasteiger partial charge in [-0.2, -0.15) is 0 Å². The Bertz CT molecular complexity index is 355. The molecule has 0 N–H and O–H groups in total. The molecule has 0 amide bonds. The monoisotopic (exact) mass is 252 g/mol. The summed E-state index contributed by atoms with van der Waals surface area (Å²) >= 11 is 0. The van der Waals surface area contributed by atoms with Crippen LogP contribution in [0.4, 0.5) is 0 Å². The van der Waals surface area contributed by atoms with Crippen LogP contribution in [0.5, 0.6) is 0 Å². The van der Waals surface area contributed by atoms with Gasteiger partial charge in [-0.3, -0.25) is 9.59 Å². The molecule has 0 saturated heterocycles. The third-order valence-corrected chi connectivity index (χ3v) is 2.79. The standard InChI is InChI=1S/C14H20O4/c1-3-4-5-7-11-8-6-9-12(11)18-14(16)10-13(15)17-2/h4-5,8,12H,3,6-7,9-10H2,1-2H3/b5-4-/t12-/m1/s1. The molecule has 1 atom stereocenters. The SMILES string of the molecule is CC/C=C\CC1=CCC[C@H]1OC(=O)CC(=O)OC. The van der Waals surface area contributed by atoms with Crippen LogP contribution in [0.1, 0.15) is 39.0 Å². The lowest BCUT2D eigenvalue weighted by molar-refractivity contribution is -0.155. The van der Waals surface area contributed by atoms with Gasteiger partial charge in [-0.1, -0.05) is 25.2 Å². The molecule has 0 unspecified atom stereocenters. The van der Waals surface area contributed by atoms with Crippen molar-refractivity contribution in [2.24, 2.45) is 0 Å². The molecule has 0 aromatic heterocycles. The molecule has 0 fully saturated rings. The Labute approximate surface area is 108 Å². The van der Waals surface area contributed by atoms with Crippen molar-refractivity contribution >= 4 is 11.9 Å². The zero-order valence-electron chi connectivity index (χ0n) is 11.0. The number of rotatable bonds is 6. The van der Waals surface area contributed by atoms with E-state index in [-0.39, 0.29) is 12.5 Å². The van der Waals surface area contributed by atoms with Gasteiger partial charge in [0, 0.05) is 0 Å². The second-order valence-electron chi connectivity index (χ2n) is 4.17. The molecule has 4 heteroatoms. The molecule has 0 bridgehead atoms. The Morgan fingerprint density at radius 1 is 1.39 bits per heavy atom. The Balaban J connectivity index is 2.41. The molecular weight excluding hydrogens is 232 g/mol. The molecule has 0 spiro atoms. The number of esters is 2. The minimum atomic E-state index is -0.561. The van der Waals surface area contributed by atoms with Crippen molar-refractivity contribution in [1.29, 1.82) is 0 Å². The molecule has 4 nitrogen and oxygen atoms in total. The summed E-state index contributed by atoms with van der Waals surface area (Å²) in [6, 6.07) is 0. The lowest BCUT2D eigenvalue weighted by Gasteiger charge is -2.14. The van der Waals surface area contributed by atoms with E-state index in [1.165, 1.54) is 7.11 Å². The number of allylic oxidation sites excluding steroid dienone is 3. The molecule has 0 radical (unpaired) electrons. The molecular formula is C14H20O4. The number of hydrogen-bond acceptors (Lipinski definition) is 4. The van der Waals surface area contributed by atoms with E-state index < -0.39 is 11.9 Å². The average Bonchev–Trinajstić information content (AvgIpc) is 2.76. The molecule has 18 heavy (non-hydrogen) atoms. The second-order valence-corrected chi connectivity index (χ2v) is 4.17. The van der Waals surface area contributed by atoms with E-state index in [4.69, 9.17) is 4.74 Å². The Hall–Kier alpha value is -1.58. The van der Waals surface area contributed by atoms with E-state index in [0.29, 0.717) is 0 Å². The third kappa shape index (κ3) is 4.73. The van der Waals surface area contributed by atoms with Gasteiger partial charge in [0.05, 0.1) is 7.11 Å². The molecule has 0 heterocycles. The van der Waals surface area contributed by atoms with Crippen molar-refractivity contribution in [3.05, 3.63) is 23.8 Å². The molecule has 0 aromatic rings. The summed E-state index contributed by atoms with van der Waals surface area (Å²) in [5, 5.41) is 0. The lowest BCUT2D eigenvalue weighted by atomic mass is 10.1. The maximum Gasteiger partial charge on any atom is 0.317 e. The second kappa shape index (κ2) is 7.69. The molecule has 1 aliphatic carbocycles. The molecule has 0 saturated carbocycles. The van der Waals surface area contributed by atoms with E-state index in [2.05, 4.69) is 29.9 Å². The molecule has 1 aliphatic rings. The highest BCUT2D eigenvalue weighted by Crippen LogP contribution is 2.25. The van der Waals surface area contributed by atoms with Gasteiger partial charge in [-0.15, -0.1) is 0 Å². The summed E-state index contributed by atoms with van der Waals surface area (Å²) in [6.45, 7) is 2.08. The van der Waals surface area contributed by atoms with Crippen molar-refractivity contribution in [2.75, 3.05) is 7.11 Å². The first-order valence-corrected chi connectivity index (χ1v) is 6.27. The summed E-state index contributed by atoms with van der Waals surface area (Å²) in [6.07, 6.45) is 9.33. The molecule has 0 aromatic carbocycles. The lowest BCUT2D eigenvalue weighted by Crippen LogP contribution is -2.20. The van der Waals surface area contributed by atoms with Gasteiger partial charge >= 0.3 is 11.9 Å². The minimum Gasteiger partial charge on any atom is -0.469 e. The van der Waals surface area contributed by atoms with E-state index in [1.54, 1.807) is 0 Å². The van der Waals surface area contributed by atoms with Crippen LogP contribution in [0.25, 0.3) is 0 Å². The van der Waals surface area contributed by atoms with Crippen LogP contribution >= 0.6 is 0 Å². The molecule has 1 rings (SSSR count). The number of carbonyl (C=O) groups is 2. The molecule has 100 valence electrons. The van der Waals surface area contributed by atoms with Gasteiger partial charge in [0.1, 0.15) is 12.5 Å². The predicted octanol–water partition coefficient (Wildman–Crippen LogP) is 2.54. The van der Waals surface area contributed by atoms with Crippen LogP contribution in [0.2, 0.25) is 0 Å². The summed E-state index contributed by atoms with van der Waals surface area (Å²) in [4.78, 5) is 22.4. The van der Waals surface area contributed by atoms with Crippen molar-refractivity contribution < 1.29 is 19.1 Å². The summed E-state index contributed by atoms with van der Waals surface area (Å²) in [7, 11) is 1.26. The maximum absolute atomic E-state index is 11.5. The highest BCUT2D eigenvalue weighted by molar-refractivity contribution is 5.91. The first-order chi connectivity index (χ1) is 8.67. The van der Waals surface area contributed by atoms with Crippen LogP contribution in [-0.4, -0.2) is 25.2 Å². The first-order valence-electron chi connectivity index (χ1n) is 6.27. The van der Waals surface area contributed by atoms with Crippen molar-refractivity contribution in [3.8, 4) is 0 Å². The van der Waals surface area contributed by atoms with E-state index in [9.17, 15) is 9.59 Å². The summed E-state index contributed by atoms with van der Waals surface area (Å²) < 4.78 is 9.71. The predicted molar refractivity (Wildman–Crippen MR) is 67.9 cm³/mol. The fraction of sp³-hybridized carbons (Fsp3) is 0.571. The van der Waals surface area contributed by atoms with Crippen molar-refractivity contribution in [3.63, 3.8) is 0 Å². The van der Waals surface area contributed by atoms with Crippen molar-refractivity contribution in [2.45, 2.75) is 45.1 Å². The van der Waals surface area contributed by atoms with Gasteiger partial charge in [-0.05, 0) is 31.3 Å². The van der Waals surface area contributed by atoms with Gasteiger partial charge in [0.25, 0.3) is 0 Å². The van der Waals surface area contributed by atoms with Crippen LogP contribution in [0.3, 0.4) is 0 Å². The zero-order chi connectivity index (χ0) is 13.4. The Morgan fingerprint density at radius 2 is 2.17 bits per heavy atom. The Kier molecular flexibility index (Phi) is 6.19. The first kappa shape index (κ1) is 14.5. The number of ether oxygens (including phenoxy) is 2. The van der Waals surface area contributed by atoms with E-state index in [1.807, 2.05) is 0 Å². The fourth-order valence-corrected chi connectivity index (χ4v) is 1.86. The van der Waals surface area contributed by atoms with Crippen LogP contribution in [0.15, 0.2) is 23.8 Å². The third-order valence-electron chi connectivity index (χ3n) is 2.79. The highest BCUT2D eigenvalue weighted by Gasteiger charge is 2.23.